The second-order valence-electron chi connectivity index (χ2n) is 11.5. The highest BCUT2D eigenvalue weighted by Gasteiger charge is 2.69. The van der Waals surface area contributed by atoms with Crippen molar-refractivity contribution in [1.82, 2.24) is 10.2 Å². The van der Waals surface area contributed by atoms with Crippen LogP contribution in [0.2, 0.25) is 0 Å². The minimum atomic E-state index is -0.882. The Morgan fingerprint density at radius 2 is 1.97 bits per heavy atom. The smallest absolute Gasteiger partial charge is 0.308 e. The molecule has 202 valence electrons. The van der Waals surface area contributed by atoms with Gasteiger partial charge in [0.05, 0.1) is 6.42 Å². The average Bonchev–Trinajstić information content (AvgIpc) is 3.12. The molecule has 1 spiro atoms. The van der Waals surface area contributed by atoms with Gasteiger partial charge in [-0.15, -0.1) is 0 Å². The SMILES string of the molecule is CC1CCC2C(C)C(OC(=O)CCC(=O)NCCCN3CCCC3=O)OC3OC4(C)CCC1C32OO4. The lowest BCUT2D eigenvalue weighted by Gasteiger charge is -2.59. The van der Waals surface area contributed by atoms with Gasteiger partial charge in [0, 0.05) is 50.7 Å². The van der Waals surface area contributed by atoms with Crippen LogP contribution in [0.4, 0.5) is 0 Å². The minimum absolute atomic E-state index is 0.0264. The fourth-order valence-corrected chi connectivity index (χ4v) is 6.94. The lowest BCUT2D eigenvalue weighted by molar-refractivity contribution is -0.576. The molecule has 0 radical (unpaired) electrons. The largest absolute Gasteiger partial charge is 0.435 e. The molecule has 10 nitrogen and oxygen atoms in total. The van der Waals surface area contributed by atoms with Crippen LogP contribution in [0.5, 0.6) is 0 Å². The van der Waals surface area contributed by atoms with E-state index in [2.05, 4.69) is 12.2 Å². The highest BCUT2D eigenvalue weighted by Crippen LogP contribution is 2.60. The number of carbonyl (C=O) groups is 3. The third kappa shape index (κ3) is 4.77. The van der Waals surface area contributed by atoms with Crippen LogP contribution in [0, 0.1) is 23.7 Å². The second kappa shape index (κ2) is 10.2. The molecule has 36 heavy (non-hydrogen) atoms. The van der Waals surface area contributed by atoms with Crippen LogP contribution in [0.15, 0.2) is 0 Å². The summed E-state index contributed by atoms with van der Waals surface area (Å²) in [6.45, 7) is 8.07. The fraction of sp³-hybridized carbons (Fsp3) is 0.885. The third-order valence-electron chi connectivity index (χ3n) is 9.00. The first-order valence-corrected chi connectivity index (χ1v) is 13.7. The Hall–Kier alpha value is -1.75. The molecule has 6 fully saturated rings. The van der Waals surface area contributed by atoms with Crippen molar-refractivity contribution < 1.29 is 38.4 Å². The molecule has 0 aromatic carbocycles. The molecule has 1 aliphatic carbocycles. The molecule has 0 aromatic heterocycles. The van der Waals surface area contributed by atoms with Gasteiger partial charge in [-0.3, -0.25) is 14.4 Å². The predicted molar refractivity (Wildman–Crippen MR) is 126 cm³/mol. The zero-order valence-electron chi connectivity index (χ0n) is 21.7. The van der Waals surface area contributed by atoms with Crippen LogP contribution in [-0.4, -0.2) is 66.3 Å². The Balaban J connectivity index is 1.12. The van der Waals surface area contributed by atoms with Crippen LogP contribution >= 0.6 is 0 Å². The van der Waals surface area contributed by atoms with Gasteiger partial charge in [-0.25, -0.2) is 9.78 Å². The molecular weight excluding hydrogens is 468 g/mol. The van der Waals surface area contributed by atoms with E-state index < -0.39 is 29.9 Å². The quantitative estimate of drug-likeness (QED) is 0.303. The number of amides is 2. The summed E-state index contributed by atoms with van der Waals surface area (Å²) in [7, 11) is 0. The van der Waals surface area contributed by atoms with Crippen molar-refractivity contribution in [3.63, 3.8) is 0 Å². The normalized spacial score (nSPS) is 41.5. The first kappa shape index (κ1) is 25.9. The molecule has 5 heterocycles. The Morgan fingerprint density at radius 3 is 2.75 bits per heavy atom. The topological polar surface area (TPSA) is 113 Å². The number of nitrogens with one attached hydrogen (secondary N) is 1. The first-order chi connectivity index (χ1) is 17.2. The molecule has 1 saturated carbocycles. The summed E-state index contributed by atoms with van der Waals surface area (Å²) < 4.78 is 18.3. The number of fused-ring (bicyclic) bond motifs is 2. The lowest BCUT2D eigenvalue weighted by Crippen LogP contribution is -2.70. The zero-order chi connectivity index (χ0) is 25.5. The summed E-state index contributed by atoms with van der Waals surface area (Å²) in [4.78, 5) is 50.2. The summed E-state index contributed by atoms with van der Waals surface area (Å²) in [6, 6.07) is 0. The summed E-state index contributed by atoms with van der Waals surface area (Å²) >= 11 is 0. The van der Waals surface area contributed by atoms with Gasteiger partial charge in [-0.2, -0.15) is 0 Å². The van der Waals surface area contributed by atoms with E-state index in [1.165, 1.54) is 0 Å². The zero-order valence-corrected chi connectivity index (χ0v) is 21.7. The van der Waals surface area contributed by atoms with E-state index in [0.29, 0.717) is 31.8 Å². The van der Waals surface area contributed by atoms with Crippen molar-refractivity contribution >= 4 is 17.8 Å². The molecule has 8 atom stereocenters. The summed E-state index contributed by atoms with van der Waals surface area (Å²) in [5.74, 6) is -0.694. The molecule has 5 saturated heterocycles. The first-order valence-electron chi connectivity index (χ1n) is 13.7. The lowest BCUT2D eigenvalue weighted by atomic mass is 9.58. The molecule has 8 unspecified atom stereocenters. The Labute approximate surface area is 212 Å². The Morgan fingerprint density at radius 1 is 1.14 bits per heavy atom. The molecule has 2 amide bonds. The van der Waals surface area contributed by atoms with Gasteiger partial charge < -0.3 is 24.4 Å². The van der Waals surface area contributed by atoms with Crippen LogP contribution in [0.25, 0.3) is 0 Å². The molecule has 6 aliphatic rings. The maximum Gasteiger partial charge on any atom is 0.308 e. The molecular formula is C26H40N2O8. The molecule has 1 N–H and O–H groups in total. The van der Waals surface area contributed by atoms with Crippen molar-refractivity contribution in [2.24, 2.45) is 23.7 Å². The number of carbonyl (C=O) groups excluding carboxylic acids is 3. The second-order valence-corrected chi connectivity index (χ2v) is 11.5. The third-order valence-corrected chi connectivity index (χ3v) is 9.00. The number of likely N-dealkylation sites (tertiary alicyclic amines) is 1. The van der Waals surface area contributed by atoms with Crippen LogP contribution in [0.3, 0.4) is 0 Å². The van der Waals surface area contributed by atoms with Gasteiger partial charge in [0.1, 0.15) is 0 Å². The van der Waals surface area contributed by atoms with Gasteiger partial charge in [-0.05, 0) is 50.9 Å². The van der Waals surface area contributed by atoms with E-state index in [4.69, 9.17) is 24.0 Å². The van der Waals surface area contributed by atoms with E-state index in [1.54, 1.807) is 0 Å². The highest BCUT2D eigenvalue weighted by atomic mass is 17.3. The van der Waals surface area contributed by atoms with Gasteiger partial charge in [-0.1, -0.05) is 13.8 Å². The van der Waals surface area contributed by atoms with Gasteiger partial charge in [0.25, 0.3) is 0 Å². The summed E-state index contributed by atoms with van der Waals surface area (Å²) in [6.07, 6.45) is 4.46. The fourth-order valence-electron chi connectivity index (χ4n) is 6.94. The van der Waals surface area contributed by atoms with Crippen LogP contribution < -0.4 is 5.32 Å². The molecule has 2 bridgehead atoms. The van der Waals surface area contributed by atoms with E-state index in [0.717, 1.165) is 38.6 Å². The van der Waals surface area contributed by atoms with Crippen LogP contribution in [-0.2, 0) is 38.4 Å². The average molecular weight is 509 g/mol. The summed E-state index contributed by atoms with van der Waals surface area (Å²) in [5, 5.41) is 2.82. The van der Waals surface area contributed by atoms with Crippen molar-refractivity contribution in [2.75, 3.05) is 19.6 Å². The van der Waals surface area contributed by atoms with Crippen molar-refractivity contribution in [3.05, 3.63) is 0 Å². The number of ether oxygens (including phenoxy) is 3. The minimum Gasteiger partial charge on any atom is -0.435 e. The van der Waals surface area contributed by atoms with Crippen molar-refractivity contribution in [2.45, 2.75) is 103 Å². The summed E-state index contributed by atoms with van der Waals surface area (Å²) in [5.41, 5.74) is -0.699. The number of hydrogen-bond donors (Lipinski definition) is 1. The molecule has 10 heteroatoms. The number of hydrogen-bond acceptors (Lipinski definition) is 8. The van der Waals surface area contributed by atoms with E-state index in [1.807, 2.05) is 18.7 Å². The highest BCUT2D eigenvalue weighted by molar-refractivity contribution is 5.81. The van der Waals surface area contributed by atoms with E-state index in [-0.39, 0.29) is 42.4 Å². The number of rotatable bonds is 8. The van der Waals surface area contributed by atoms with Gasteiger partial charge >= 0.3 is 5.97 Å². The van der Waals surface area contributed by atoms with Crippen molar-refractivity contribution in [3.8, 4) is 0 Å². The van der Waals surface area contributed by atoms with Gasteiger partial charge in [0.15, 0.2) is 11.9 Å². The number of nitrogens with zero attached hydrogens (tertiary/aromatic N) is 1. The molecule has 5 aliphatic heterocycles. The maximum atomic E-state index is 12.7. The van der Waals surface area contributed by atoms with E-state index >= 15 is 0 Å². The predicted octanol–water partition coefficient (Wildman–Crippen LogP) is 2.65. The van der Waals surface area contributed by atoms with Crippen LogP contribution in [0.1, 0.15) is 78.6 Å². The Bertz CT molecular complexity index is 869. The van der Waals surface area contributed by atoms with Gasteiger partial charge in [0.2, 0.25) is 23.9 Å². The monoisotopic (exact) mass is 508 g/mol. The Kier molecular flexibility index (Phi) is 7.33. The standard InChI is InChI=1S/C26H40N2O8/c1-16-7-8-19-17(2)23(33-24-26(19)18(16)11-12-25(3,34-24)35-36-26)32-22(31)10-9-20(29)27-13-5-15-28-14-4-6-21(28)30/h16-19,23-24H,4-15H2,1-3H3,(H,27,29). The van der Waals surface area contributed by atoms with Crippen molar-refractivity contribution in [1.29, 1.82) is 0 Å². The molecule has 0 aromatic rings. The van der Waals surface area contributed by atoms with E-state index in [9.17, 15) is 14.4 Å². The molecule has 6 rings (SSSR count). The maximum absolute atomic E-state index is 12.7. The number of esters is 1.